The smallest absolute Gasteiger partial charge is 0.209 e. The van der Waals surface area contributed by atoms with Gasteiger partial charge in [-0.2, -0.15) is 10.2 Å². The molecule has 0 spiro atoms. The summed E-state index contributed by atoms with van der Waals surface area (Å²) in [6.45, 7) is -0.250. The number of benzene rings is 2. The molecule has 13 heteroatoms. The van der Waals surface area contributed by atoms with Crippen LogP contribution in [0.4, 0.5) is 4.39 Å². The molecule has 2 aromatic carbocycles. The number of imidazole rings is 1. The predicted molar refractivity (Wildman–Crippen MR) is 144 cm³/mol. The first-order chi connectivity index (χ1) is 18.7. The van der Waals surface area contributed by atoms with E-state index in [4.69, 9.17) is 9.97 Å². The molecule has 39 heavy (non-hydrogen) atoms. The van der Waals surface area contributed by atoms with Crippen molar-refractivity contribution in [3.63, 3.8) is 0 Å². The summed E-state index contributed by atoms with van der Waals surface area (Å²) >= 11 is 0. The van der Waals surface area contributed by atoms with E-state index in [1.165, 1.54) is 12.1 Å². The van der Waals surface area contributed by atoms with Crippen LogP contribution in [0.15, 0.2) is 54.7 Å². The number of hydrogen-bond acceptors (Lipinski definition) is 7. The molecule has 0 aliphatic rings. The number of halogens is 1. The van der Waals surface area contributed by atoms with Gasteiger partial charge in [0.15, 0.2) is 11.5 Å². The number of aromatic nitrogens is 7. The monoisotopic (exact) mass is 546 g/mol. The van der Waals surface area contributed by atoms with Gasteiger partial charge in [0.05, 0.1) is 40.8 Å². The van der Waals surface area contributed by atoms with Crippen LogP contribution in [0.25, 0.3) is 56.0 Å². The fraction of sp³-hybridized carbons (Fsp3) is 0.154. The molecule has 0 saturated heterocycles. The van der Waals surface area contributed by atoms with Crippen LogP contribution in [0.2, 0.25) is 0 Å². The van der Waals surface area contributed by atoms with E-state index in [-0.39, 0.29) is 13.2 Å². The summed E-state index contributed by atoms with van der Waals surface area (Å²) in [6.07, 6.45) is 2.85. The molecule has 0 aliphatic heterocycles. The van der Waals surface area contributed by atoms with E-state index in [0.717, 1.165) is 6.26 Å². The quantitative estimate of drug-likeness (QED) is 0.240. The van der Waals surface area contributed by atoms with Gasteiger partial charge in [-0.3, -0.25) is 9.78 Å². The minimum atomic E-state index is -3.43. The van der Waals surface area contributed by atoms with Crippen molar-refractivity contribution in [1.82, 2.24) is 39.7 Å². The SMILES string of the molecule is Cn1cc(-c2ccc3[nH]nc(-c4nc5c(-c6cc(F)cc(CNS(C)(=O)=O)c6)cccc5[nH]4)c3n2)c(CO)n1. The normalized spacial score (nSPS) is 12.1. The number of H-pyrrole nitrogens is 2. The number of nitrogens with zero attached hydrogens (tertiary/aromatic N) is 5. The van der Waals surface area contributed by atoms with Crippen molar-refractivity contribution in [2.75, 3.05) is 6.26 Å². The molecule has 0 radical (unpaired) electrons. The van der Waals surface area contributed by atoms with Gasteiger partial charge in [-0.1, -0.05) is 12.1 Å². The Morgan fingerprint density at radius 3 is 2.69 bits per heavy atom. The molecular weight excluding hydrogens is 523 g/mol. The van der Waals surface area contributed by atoms with E-state index in [0.29, 0.717) is 67.2 Å². The van der Waals surface area contributed by atoms with Crippen molar-refractivity contribution >= 4 is 32.1 Å². The molecular formula is C26H23FN8O3S. The number of aliphatic hydroxyl groups is 1. The van der Waals surface area contributed by atoms with Gasteiger partial charge in [0, 0.05) is 30.9 Å². The molecule has 0 unspecified atom stereocenters. The average Bonchev–Trinajstić information content (AvgIpc) is 3.61. The van der Waals surface area contributed by atoms with Gasteiger partial charge in [0.2, 0.25) is 10.0 Å². The first-order valence-electron chi connectivity index (χ1n) is 11.9. The zero-order valence-electron chi connectivity index (χ0n) is 20.9. The van der Waals surface area contributed by atoms with Crippen molar-refractivity contribution in [2.45, 2.75) is 13.2 Å². The Morgan fingerprint density at radius 1 is 1.05 bits per heavy atom. The minimum Gasteiger partial charge on any atom is -0.390 e. The van der Waals surface area contributed by atoms with Gasteiger partial charge in [-0.25, -0.2) is 27.5 Å². The Labute approximate surface area is 221 Å². The third kappa shape index (κ3) is 4.78. The third-order valence-corrected chi connectivity index (χ3v) is 6.95. The standard InChI is InChI=1S/C26H23FN8O3S/c1-35-12-18(22(13-36)34-35)19-6-7-21-24(29-19)25(33-32-21)26-30-20-5-3-4-17(23(20)31-26)15-8-14(9-16(27)10-15)11-28-39(2,37)38/h3-10,12,28,36H,11,13H2,1-2H3,(H,30,31)(H,32,33). The summed E-state index contributed by atoms with van der Waals surface area (Å²) in [5.74, 6) is -0.0180. The maximum absolute atomic E-state index is 14.5. The maximum atomic E-state index is 14.5. The Kier molecular flexibility index (Phi) is 5.98. The van der Waals surface area contributed by atoms with Crippen LogP contribution in [0.1, 0.15) is 11.3 Å². The van der Waals surface area contributed by atoms with Gasteiger partial charge in [-0.05, 0) is 47.5 Å². The van der Waals surface area contributed by atoms with Crippen molar-refractivity contribution in [3.05, 3.63) is 71.8 Å². The highest BCUT2D eigenvalue weighted by Gasteiger charge is 2.19. The summed E-state index contributed by atoms with van der Waals surface area (Å²) in [5.41, 5.74) is 6.68. The topological polar surface area (TPSA) is 154 Å². The van der Waals surface area contributed by atoms with E-state index in [1.54, 1.807) is 24.0 Å². The second-order valence-corrected chi connectivity index (χ2v) is 11.0. The van der Waals surface area contributed by atoms with Gasteiger partial charge < -0.3 is 10.1 Å². The van der Waals surface area contributed by atoms with Crippen LogP contribution in [-0.4, -0.2) is 54.7 Å². The second kappa shape index (κ2) is 9.38. The summed E-state index contributed by atoms with van der Waals surface area (Å²) in [5, 5.41) is 21.4. The van der Waals surface area contributed by atoms with E-state index in [9.17, 15) is 17.9 Å². The zero-order valence-corrected chi connectivity index (χ0v) is 21.7. The molecule has 4 N–H and O–H groups in total. The van der Waals surface area contributed by atoms with Crippen molar-refractivity contribution in [1.29, 1.82) is 0 Å². The number of nitrogens with one attached hydrogen (secondary N) is 3. The summed E-state index contributed by atoms with van der Waals surface area (Å²) in [4.78, 5) is 12.9. The number of sulfonamides is 1. The van der Waals surface area contributed by atoms with E-state index in [1.807, 2.05) is 30.3 Å². The molecule has 0 aliphatic carbocycles. The number of para-hydroxylation sites is 1. The van der Waals surface area contributed by atoms with Gasteiger partial charge in [0.25, 0.3) is 0 Å². The largest absolute Gasteiger partial charge is 0.390 e. The van der Waals surface area contributed by atoms with Gasteiger partial charge in [-0.15, -0.1) is 0 Å². The number of fused-ring (bicyclic) bond motifs is 2. The lowest BCUT2D eigenvalue weighted by Crippen LogP contribution is -2.21. The first kappa shape index (κ1) is 24.9. The number of aromatic amines is 2. The van der Waals surface area contributed by atoms with E-state index < -0.39 is 15.8 Å². The Balaban J connectivity index is 1.44. The molecule has 0 bridgehead atoms. The van der Waals surface area contributed by atoms with Crippen molar-refractivity contribution in [2.24, 2.45) is 7.05 Å². The molecule has 6 aromatic rings. The van der Waals surface area contributed by atoms with Crippen LogP contribution in [0.3, 0.4) is 0 Å². The Hall–Kier alpha value is -4.46. The van der Waals surface area contributed by atoms with Crippen molar-refractivity contribution < 1.29 is 17.9 Å². The second-order valence-electron chi connectivity index (χ2n) is 9.21. The van der Waals surface area contributed by atoms with E-state index in [2.05, 4.69) is 25.0 Å². The molecule has 0 atom stereocenters. The van der Waals surface area contributed by atoms with Gasteiger partial charge >= 0.3 is 0 Å². The lowest BCUT2D eigenvalue weighted by molar-refractivity contribution is 0.276. The fourth-order valence-electron chi connectivity index (χ4n) is 4.58. The highest BCUT2D eigenvalue weighted by atomic mass is 32.2. The number of aliphatic hydroxyl groups excluding tert-OH is 1. The summed E-state index contributed by atoms with van der Waals surface area (Å²) < 4.78 is 41.6. The van der Waals surface area contributed by atoms with E-state index >= 15 is 0 Å². The summed E-state index contributed by atoms with van der Waals surface area (Å²) in [7, 11) is -1.66. The number of aryl methyl sites for hydroxylation is 1. The van der Waals surface area contributed by atoms with Gasteiger partial charge in [0.1, 0.15) is 11.3 Å². The lowest BCUT2D eigenvalue weighted by Gasteiger charge is -2.08. The zero-order chi connectivity index (χ0) is 27.3. The lowest BCUT2D eigenvalue weighted by atomic mass is 10.0. The van der Waals surface area contributed by atoms with Crippen LogP contribution < -0.4 is 4.72 Å². The number of hydrogen-bond donors (Lipinski definition) is 4. The fourth-order valence-corrected chi connectivity index (χ4v) is 5.01. The molecule has 0 fully saturated rings. The van der Waals surface area contributed by atoms with Crippen LogP contribution in [0, 0.1) is 5.82 Å². The number of pyridine rings is 1. The highest BCUT2D eigenvalue weighted by molar-refractivity contribution is 7.88. The molecule has 4 aromatic heterocycles. The molecule has 6 rings (SSSR count). The average molecular weight is 547 g/mol. The highest BCUT2D eigenvalue weighted by Crippen LogP contribution is 2.33. The molecule has 11 nitrogen and oxygen atoms in total. The maximum Gasteiger partial charge on any atom is 0.209 e. The Bertz CT molecular complexity index is 1980. The molecule has 198 valence electrons. The molecule has 0 amide bonds. The predicted octanol–water partition coefficient (Wildman–Crippen LogP) is 3.25. The van der Waals surface area contributed by atoms with Crippen LogP contribution in [0.5, 0.6) is 0 Å². The van der Waals surface area contributed by atoms with Crippen molar-refractivity contribution in [3.8, 4) is 33.9 Å². The first-order valence-corrected chi connectivity index (χ1v) is 13.8. The Morgan fingerprint density at radius 2 is 1.90 bits per heavy atom. The summed E-state index contributed by atoms with van der Waals surface area (Å²) in [6, 6.07) is 13.6. The van der Waals surface area contributed by atoms with Crippen LogP contribution in [-0.2, 0) is 30.2 Å². The number of rotatable bonds is 7. The molecule has 0 saturated carbocycles. The molecule has 4 heterocycles. The minimum absolute atomic E-state index is 0.0341. The third-order valence-electron chi connectivity index (χ3n) is 6.28. The van der Waals surface area contributed by atoms with Crippen LogP contribution >= 0.6 is 0 Å².